The van der Waals surface area contributed by atoms with E-state index in [1.807, 2.05) is 0 Å². The molecule has 0 aliphatic carbocycles. The molecule has 1 aromatic carbocycles. The molecule has 1 N–H and O–H groups in total. The summed E-state index contributed by atoms with van der Waals surface area (Å²) >= 11 is 1.75. The number of carboxylic acid groups (broad SMARTS) is 1. The summed E-state index contributed by atoms with van der Waals surface area (Å²) in [4.78, 5) is 11.7. The van der Waals surface area contributed by atoms with Gasteiger partial charge in [0.2, 0.25) is 0 Å². The number of thioether (sulfide) groups is 1. The van der Waals surface area contributed by atoms with Gasteiger partial charge in [0.15, 0.2) is 0 Å². The minimum Gasteiger partial charge on any atom is -0.481 e. The van der Waals surface area contributed by atoms with Crippen LogP contribution in [0.2, 0.25) is 0 Å². The van der Waals surface area contributed by atoms with E-state index in [4.69, 9.17) is 5.11 Å². The molecular formula is C13H18O2S. The molecule has 0 amide bonds. The molecule has 0 saturated carbocycles. The van der Waals surface area contributed by atoms with Gasteiger partial charge in [0, 0.05) is 16.6 Å². The molecule has 0 saturated heterocycles. The summed E-state index contributed by atoms with van der Waals surface area (Å²) < 4.78 is 0. The van der Waals surface area contributed by atoms with Crippen molar-refractivity contribution in [2.45, 2.75) is 43.8 Å². The highest BCUT2D eigenvalue weighted by Gasteiger charge is 2.07. The minimum atomic E-state index is -0.715. The third-order valence-corrected chi connectivity index (χ3v) is 3.74. The SMILES string of the molecule is Cc1ccc(SC(C)CCC(=O)O)cc1C. The normalized spacial score (nSPS) is 12.4. The zero-order valence-corrected chi connectivity index (χ0v) is 10.8. The van der Waals surface area contributed by atoms with E-state index in [1.165, 1.54) is 16.0 Å². The van der Waals surface area contributed by atoms with Crippen molar-refractivity contribution in [2.24, 2.45) is 0 Å². The van der Waals surface area contributed by atoms with E-state index < -0.39 is 5.97 Å². The summed E-state index contributed by atoms with van der Waals surface area (Å²) in [6.07, 6.45) is 0.964. The molecule has 0 aliphatic heterocycles. The molecule has 88 valence electrons. The monoisotopic (exact) mass is 238 g/mol. The summed E-state index contributed by atoms with van der Waals surface area (Å²) in [6, 6.07) is 6.38. The maximum atomic E-state index is 10.4. The highest BCUT2D eigenvalue weighted by atomic mass is 32.2. The van der Waals surface area contributed by atoms with Crippen LogP contribution in [-0.4, -0.2) is 16.3 Å². The van der Waals surface area contributed by atoms with Crippen molar-refractivity contribution in [3.05, 3.63) is 29.3 Å². The topological polar surface area (TPSA) is 37.3 Å². The van der Waals surface area contributed by atoms with Gasteiger partial charge in [-0.3, -0.25) is 4.79 Å². The van der Waals surface area contributed by atoms with Crippen LogP contribution in [0.5, 0.6) is 0 Å². The van der Waals surface area contributed by atoms with Crippen LogP contribution in [0.3, 0.4) is 0 Å². The minimum absolute atomic E-state index is 0.249. The molecule has 1 rings (SSSR count). The lowest BCUT2D eigenvalue weighted by Gasteiger charge is -2.11. The fraction of sp³-hybridized carbons (Fsp3) is 0.462. The Labute approximate surface area is 101 Å². The van der Waals surface area contributed by atoms with Crippen molar-refractivity contribution < 1.29 is 9.90 Å². The Morgan fingerprint density at radius 2 is 2.06 bits per heavy atom. The number of aliphatic carboxylic acids is 1. The highest BCUT2D eigenvalue weighted by molar-refractivity contribution is 7.99. The number of carbonyl (C=O) groups is 1. The highest BCUT2D eigenvalue weighted by Crippen LogP contribution is 2.27. The maximum Gasteiger partial charge on any atom is 0.303 e. The van der Waals surface area contributed by atoms with Gasteiger partial charge in [0.25, 0.3) is 0 Å². The van der Waals surface area contributed by atoms with Gasteiger partial charge >= 0.3 is 5.97 Å². The standard InChI is InChI=1S/C13H18O2S/c1-9-4-6-12(8-10(9)2)16-11(3)5-7-13(14)15/h4,6,8,11H,5,7H2,1-3H3,(H,14,15). The van der Waals surface area contributed by atoms with Crippen molar-refractivity contribution >= 4 is 17.7 Å². The molecule has 16 heavy (non-hydrogen) atoms. The van der Waals surface area contributed by atoms with Gasteiger partial charge in [-0.05, 0) is 43.5 Å². The second-order valence-corrected chi connectivity index (χ2v) is 5.62. The first-order valence-electron chi connectivity index (χ1n) is 5.44. The van der Waals surface area contributed by atoms with Gasteiger partial charge in [-0.1, -0.05) is 13.0 Å². The van der Waals surface area contributed by atoms with Crippen molar-refractivity contribution in [1.29, 1.82) is 0 Å². The Kier molecular flexibility index (Phi) is 4.87. The summed E-state index contributed by atoms with van der Waals surface area (Å²) in [6.45, 7) is 6.27. The molecule has 0 aromatic heterocycles. The molecule has 0 radical (unpaired) electrons. The van der Waals surface area contributed by atoms with Crippen LogP contribution in [-0.2, 0) is 4.79 Å². The van der Waals surface area contributed by atoms with Crippen molar-refractivity contribution in [1.82, 2.24) is 0 Å². The maximum absolute atomic E-state index is 10.4. The van der Waals surface area contributed by atoms with Crippen LogP contribution in [0.25, 0.3) is 0 Å². The first kappa shape index (κ1) is 13.1. The molecule has 0 aliphatic rings. The van der Waals surface area contributed by atoms with Crippen LogP contribution in [0.4, 0.5) is 0 Å². The second kappa shape index (κ2) is 5.94. The van der Waals surface area contributed by atoms with Gasteiger partial charge in [0.05, 0.1) is 0 Å². The van der Waals surface area contributed by atoms with Crippen LogP contribution in [0.1, 0.15) is 30.9 Å². The Morgan fingerprint density at radius 3 is 2.62 bits per heavy atom. The Hall–Kier alpha value is -0.960. The zero-order chi connectivity index (χ0) is 12.1. The second-order valence-electron chi connectivity index (χ2n) is 4.11. The number of carboxylic acids is 1. The molecule has 2 nitrogen and oxygen atoms in total. The molecular weight excluding hydrogens is 220 g/mol. The lowest BCUT2D eigenvalue weighted by molar-refractivity contribution is -0.137. The summed E-state index contributed by atoms with van der Waals surface area (Å²) in [5.74, 6) is -0.715. The molecule has 1 unspecified atom stereocenters. The van der Waals surface area contributed by atoms with Crippen LogP contribution in [0, 0.1) is 13.8 Å². The van der Waals surface area contributed by atoms with Crippen molar-refractivity contribution in [2.75, 3.05) is 0 Å². The van der Waals surface area contributed by atoms with Gasteiger partial charge in [-0.25, -0.2) is 0 Å². The summed E-state index contributed by atoms with van der Waals surface area (Å²) in [7, 11) is 0. The predicted molar refractivity (Wildman–Crippen MR) is 68.1 cm³/mol. The van der Waals surface area contributed by atoms with Gasteiger partial charge in [0.1, 0.15) is 0 Å². The van der Waals surface area contributed by atoms with Crippen LogP contribution in [0.15, 0.2) is 23.1 Å². The third kappa shape index (κ3) is 4.27. The third-order valence-electron chi connectivity index (χ3n) is 2.58. The zero-order valence-electron chi connectivity index (χ0n) is 9.99. The first-order valence-corrected chi connectivity index (χ1v) is 6.32. The molecule has 1 aromatic rings. The first-order chi connectivity index (χ1) is 7.49. The predicted octanol–water partition coefficient (Wildman–Crippen LogP) is 3.65. The van der Waals surface area contributed by atoms with E-state index in [0.717, 1.165) is 0 Å². The van der Waals surface area contributed by atoms with E-state index in [-0.39, 0.29) is 6.42 Å². The Balaban J connectivity index is 2.52. The van der Waals surface area contributed by atoms with Crippen LogP contribution >= 0.6 is 11.8 Å². The van der Waals surface area contributed by atoms with E-state index in [1.54, 1.807) is 11.8 Å². The molecule has 0 bridgehead atoms. The molecule has 0 heterocycles. The summed E-state index contributed by atoms with van der Waals surface area (Å²) in [5, 5.41) is 8.95. The number of hydrogen-bond acceptors (Lipinski definition) is 2. The lowest BCUT2D eigenvalue weighted by atomic mass is 10.1. The van der Waals surface area contributed by atoms with E-state index in [9.17, 15) is 4.79 Å². The molecule has 3 heteroatoms. The van der Waals surface area contributed by atoms with Crippen molar-refractivity contribution in [3.63, 3.8) is 0 Å². The molecule has 0 spiro atoms. The fourth-order valence-electron chi connectivity index (χ4n) is 1.41. The lowest BCUT2D eigenvalue weighted by Crippen LogP contribution is -2.02. The van der Waals surface area contributed by atoms with E-state index >= 15 is 0 Å². The Bertz CT molecular complexity index is 374. The number of rotatable bonds is 5. The van der Waals surface area contributed by atoms with Gasteiger partial charge < -0.3 is 5.11 Å². The number of aryl methyl sites for hydroxylation is 2. The average molecular weight is 238 g/mol. The quantitative estimate of drug-likeness (QED) is 0.796. The van der Waals surface area contributed by atoms with Gasteiger partial charge in [-0.15, -0.1) is 11.8 Å². The smallest absolute Gasteiger partial charge is 0.303 e. The fourth-order valence-corrected chi connectivity index (χ4v) is 2.50. The average Bonchev–Trinajstić information content (AvgIpc) is 2.21. The number of hydrogen-bond donors (Lipinski definition) is 1. The molecule has 1 atom stereocenters. The van der Waals surface area contributed by atoms with Gasteiger partial charge in [-0.2, -0.15) is 0 Å². The summed E-state index contributed by atoms with van der Waals surface area (Å²) in [5.41, 5.74) is 2.58. The molecule has 0 fully saturated rings. The Morgan fingerprint density at radius 1 is 1.38 bits per heavy atom. The van der Waals surface area contributed by atoms with Crippen LogP contribution < -0.4 is 0 Å². The van der Waals surface area contributed by atoms with E-state index in [2.05, 4.69) is 39.0 Å². The largest absolute Gasteiger partial charge is 0.481 e. The number of benzene rings is 1. The van der Waals surface area contributed by atoms with E-state index in [0.29, 0.717) is 11.7 Å². The van der Waals surface area contributed by atoms with Crippen molar-refractivity contribution in [3.8, 4) is 0 Å².